The van der Waals surface area contributed by atoms with E-state index in [0.29, 0.717) is 5.11 Å². The number of aryl methyl sites for hydroxylation is 1. The first-order chi connectivity index (χ1) is 17.1. The predicted molar refractivity (Wildman–Crippen MR) is 152 cm³/mol. The van der Waals surface area contributed by atoms with Crippen LogP contribution in [-0.2, 0) is 0 Å². The number of nitrogens with one attached hydrogen (secondary N) is 3. The molecule has 2 saturated heterocycles. The molecular formula is C28H42N6S. The fourth-order valence-corrected chi connectivity index (χ4v) is 6.29. The van der Waals surface area contributed by atoms with E-state index in [1.54, 1.807) is 0 Å². The number of piperazine rings is 1. The van der Waals surface area contributed by atoms with Crippen molar-refractivity contribution in [3.8, 4) is 0 Å². The lowest BCUT2D eigenvalue weighted by molar-refractivity contribution is 0.196. The van der Waals surface area contributed by atoms with Crippen molar-refractivity contribution < 1.29 is 0 Å². The van der Waals surface area contributed by atoms with Gasteiger partial charge < -0.3 is 20.9 Å². The van der Waals surface area contributed by atoms with E-state index >= 15 is 0 Å². The minimum atomic E-state index is 0.715. The van der Waals surface area contributed by atoms with Crippen LogP contribution < -0.4 is 20.9 Å². The molecule has 1 saturated carbocycles. The fourth-order valence-electron chi connectivity index (χ4n) is 6.07. The minimum absolute atomic E-state index is 0.715. The van der Waals surface area contributed by atoms with E-state index < -0.39 is 0 Å². The maximum absolute atomic E-state index is 5.55. The van der Waals surface area contributed by atoms with Gasteiger partial charge in [-0.25, -0.2) is 4.98 Å². The van der Waals surface area contributed by atoms with E-state index in [4.69, 9.17) is 17.2 Å². The van der Waals surface area contributed by atoms with E-state index in [9.17, 15) is 0 Å². The molecule has 190 valence electrons. The van der Waals surface area contributed by atoms with Crippen LogP contribution in [0.15, 0.2) is 24.3 Å². The van der Waals surface area contributed by atoms with Gasteiger partial charge in [0, 0.05) is 50.3 Å². The first kappa shape index (κ1) is 24.7. The molecule has 3 heterocycles. The summed E-state index contributed by atoms with van der Waals surface area (Å²) in [5.74, 6) is 2.86. The molecule has 3 N–H and O–H groups in total. The molecule has 0 atom stereocenters. The van der Waals surface area contributed by atoms with Crippen LogP contribution in [-0.4, -0.2) is 67.4 Å². The maximum Gasteiger partial charge on any atom is 0.170 e. The van der Waals surface area contributed by atoms with Gasteiger partial charge in [0.25, 0.3) is 0 Å². The van der Waals surface area contributed by atoms with Crippen molar-refractivity contribution >= 4 is 39.7 Å². The molecule has 5 rings (SSSR count). The number of thiocarbonyl (C=S) groups is 1. The second-order valence-electron chi connectivity index (χ2n) is 10.8. The maximum atomic E-state index is 5.55. The lowest BCUT2D eigenvalue weighted by Gasteiger charge is -2.38. The summed E-state index contributed by atoms with van der Waals surface area (Å²) in [7, 11) is 0. The summed E-state index contributed by atoms with van der Waals surface area (Å²) in [6, 6.07) is 8.67. The highest BCUT2D eigenvalue weighted by Gasteiger charge is 2.22. The summed E-state index contributed by atoms with van der Waals surface area (Å²) in [4.78, 5) is 10.2. The van der Waals surface area contributed by atoms with Crippen LogP contribution in [0.2, 0.25) is 0 Å². The average molecular weight is 495 g/mol. The van der Waals surface area contributed by atoms with Crippen molar-refractivity contribution in [2.24, 2.45) is 11.8 Å². The minimum Gasteiger partial charge on any atom is -0.362 e. The lowest BCUT2D eigenvalue weighted by atomic mass is 9.97. The van der Waals surface area contributed by atoms with Gasteiger partial charge in [-0.1, -0.05) is 25.7 Å². The number of nitrogens with zero attached hydrogens (tertiary/aromatic N) is 3. The van der Waals surface area contributed by atoms with Crippen LogP contribution in [0.5, 0.6) is 0 Å². The molecule has 35 heavy (non-hydrogen) atoms. The number of hydrogen-bond acceptors (Lipinski definition) is 5. The molecule has 0 spiro atoms. The Balaban J connectivity index is 1.15. The Hall–Kier alpha value is -1.96. The van der Waals surface area contributed by atoms with Gasteiger partial charge in [-0.3, -0.25) is 4.90 Å². The van der Waals surface area contributed by atoms with Gasteiger partial charge in [-0.15, -0.1) is 0 Å². The Bertz CT molecular complexity index is 990. The molecule has 1 aromatic carbocycles. The number of fused-ring (bicyclic) bond motifs is 1. The zero-order valence-electron chi connectivity index (χ0n) is 21.3. The number of pyridine rings is 1. The number of piperidine rings is 1. The zero-order valence-corrected chi connectivity index (χ0v) is 22.1. The molecule has 0 radical (unpaired) electrons. The van der Waals surface area contributed by atoms with Crippen molar-refractivity contribution in [3.05, 3.63) is 29.8 Å². The quantitative estimate of drug-likeness (QED) is 0.489. The molecule has 1 aliphatic carbocycles. The average Bonchev–Trinajstić information content (AvgIpc) is 3.39. The van der Waals surface area contributed by atoms with E-state index in [2.05, 4.69) is 56.9 Å². The Morgan fingerprint density at radius 3 is 2.57 bits per heavy atom. The summed E-state index contributed by atoms with van der Waals surface area (Å²) in [5.41, 5.74) is 3.36. The zero-order chi connectivity index (χ0) is 24.0. The second-order valence-corrected chi connectivity index (χ2v) is 11.2. The molecule has 6 nitrogen and oxygen atoms in total. The predicted octanol–water partition coefficient (Wildman–Crippen LogP) is 4.53. The highest BCUT2D eigenvalue weighted by molar-refractivity contribution is 7.80. The van der Waals surface area contributed by atoms with Gasteiger partial charge in [-0.05, 0) is 93.2 Å². The Morgan fingerprint density at radius 2 is 1.80 bits per heavy atom. The highest BCUT2D eigenvalue weighted by atomic mass is 32.1. The van der Waals surface area contributed by atoms with Gasteiger partial charge in [0.15, 0.2) is 5.11 Å². The Labute approximate surface area is 216 Å². The summed E-state index contributed by atoms with van der Waals surface area (Å²) >= 11 is 5.55. The molecule has 0 unspecified atom stereocenters. The SMILES string of the molecule is Cc1cc(N2CCN(CC3CCNCC3)CC2)nc2ccc(NC(=S)NCCC3CCCC3)cc12. The van der Waals surface area contributed by atoms with Crippen LogP contribution in [0.25, 0.3) is 10.9 Å². The molecule has 0 amide bonds. The molecule has 2 aliphatic heterocycles. The van der Waals surface area contributed by atoms with E-state index in [1.165, 1.54) is 75.5 Å². The summed E-state index contributed by atoms with van der Waals surface area (Å²) in [6.45, 7) is 11.2. The number of aromatic nitrogens is 1. The fraction of sp³-hybridized carbons (Fsp3) is 0.643. The van der Waals surface area contributed by atoms with Crippen LogP contribution in [0, 0.1) is 18.8 Å². The van der Waals surface area contributed by atoms with Gasteiger partial charge in [0.2, 0.25) is 0 Å². The highest BCUT2D eigenvalue weighted by Crippen LogP contribution is 2.28. The largest absolute Gasteiger partial charge is 0.362 e. The van der Waals surface area contributed by atoms with Gasteiger partial charge in [0.05, 0.1) is 5.52 Å². The van der Waals surface area contributed by atoms with Gasteiger partial charge in [-0.2, -0.15) is 0 Å². The summed E-state index contributed by atoms with van der Waals surface area (Å²) in [5, 5.41) is 12.2. The molecule has 0 bridgehead atoms. The summed E-state index contributed by atoms with van der Waals surface area (Å²) in [6.07, 6.45) is 9.43. The van der Waals surface area contributed by atoms with Crippen molar-refractivity contribution in [3.63, 3.8) is 0 Å². The molecular weight excluding hydrogens is 452 g/mol. The number of anilines is 2. The Morgan fingerprint density at radius 1 is 1.03 bits per heavy atom. The Kier molecular flexibility index (Phi) is 8.37. The molecule has 7 heteroatoms. The third kappa shape index (κ3) is 6.63. The van der Waals surface area contributed by atoms with Gasteiger partial charge in [0.1, 0.15) is 5.82 Å². The smallest absolute Gasteiger partial charge is 0.170 e. The topological polar surface area (TPSA) is 55.5 Å². The molecule has 3 aliphatic rings. The number of rotatable bonds is 7. The molecule has 3 fully saturated rings. The van der Waals surface area contributed by atoms with Crippen molar-refractivity contribution in [1.82, 2.24) is 20.5 Å². The third-order valence-electron chi connectivity index (χ3n) is 8.24. The van der Waals surface area contributed by atoms with Crippen molar-refractivity contribution in [2.45, 2.75) is 51.9 Å². The van der Waals surface area contributed by atoms with Crippen LogP contribution in [0.4, 0.5) is 11.5 Å². The van der Waals surface area contributed by atoms with Gasteiger partial charge >= 0.3 is 0 Å². The summed E-state index contributed by atoms with van der Waals surface area (Å²) < 4.78 is 0. The normalized spacial score (nSPS) is 20.4. The van der Waals surface area contributed by atoms with E-state index in [1.807, 2.05) is 0 Å². The lowest BCUT2D eigenvalue weighted by Crippen LogP contribution is -2.48. The van der Waals surface area contributed by atoms with Crippen LogP contribution in [0.1, 0.15) is 50.5 Å². The first-order valence-corrected chi connectivity index (χ1v) is 14.2. The van der Waals surface area contributed by atoms with Crippen LogP contribution >= 0.6 is 12.2 Å². The van der Waals surface area contributed by atoms with E-state index in [-0.39, 0.29) is 0 Å². The molecule has 1 aromatic heterocycles. The molecule has 2 aromatic rings. The van der Waals surface area contributed by atoms with E-state index in [0.717, 1.165) is 61.6 Å². The number of benzene rings is 1. The van der Waals surface area contributed by atoms with Crippen LogP contribution in [0.3, 0.4) is 0 Å². The standard InChI is InChI=1S/C28H42N6S/c1-21-18-27(34-16-14-33(15-17-34)20-23-8-11-29-12-9-23)32-26-7-6-24(19-25(21)26)31-28(35)30-13-10-22-4-2-3-5-22/h6-7,18-19,22-23,29H,2-5,8-17,20H2,1H3,(H2,30,31,35). The van der Waals surface area contributed by atoms with Crippen molar-refractivity contribution in [1.29, 1.82) is 0 Å². The first-order valence-electron chi connectivity index (χ1n) is 13.8. The number of hydrogen-bond donors (Lipinski definition) is 3. The van der Waals surface area contributed by atoms with Crippen molar-refractivity contribution in [2.75, 3.05) is 62.6 Å². The second kappa shape index (κ2) is 11.8. The third-order valence-corrected chi connectivity index (χ3v) is 8.49. The monoisotopic (exact) mass is 494 g/mol.